The zero-order valence-electron chi connectivity index (χ0n) is 17.3. The molecule has 2 aromatic carbocycles. The van der Waals surface area contributed by atoms with E-state index in [1.54, 1.807) is 12.1 Å². The first-order chi connectivity index (χ1) is 15.2. The van der Waals surface area contributed by atoms with E-state index in [1.165, 1.54) is 0 Å². The molecule has 2 aliphatic rings. The fourth-order valence-electron chi connectivity index (χ4n) is 4.55. The molecule has 5 rings (SSSR count). The molecule has 3 heterocycles. The van der Waals surface area contributed by atoms with Crippen LogP contribution < -0.4 is 4.74 Å². The fourth-order valence-corrected chi connectivity index (χ4v) is 4.55. The molecule has 0 aliphatic carbocycles. The molecule has 8 heteroatoms. The number of aromatic nitrogens is 3. The zero-order chi connectivity index (χ0) is 21.2. The molecule has 1 fully saturated rings. The minimum absolute atomic E-state index is 0.144. The first-order valence-corrected chi connectivity index (χ1v) is 10.8. The standard InChI is InChI=1S/C23H25N5O3/c29-28(30)19-7-5-17(6-8-19)9-12-26-13-10-18(11-14-26)22-24-25-23-20-3-1-2-4-21(20)31-16-15-27(22)23/h1-8,18H,9-16H2. The second kappa shape index (κ2) is 8.47. The summed E-state index contributed by atoms with van der Waals surface area (Å²) in [6, 6.07) is 14.9. The van der Waals surface area contributed by atoms with Crippen molar-refractivity contribution in [3.63, 3.8) is 0 Å². The summed E-state index contributed by atoms with van der Waals surface area (Å²) in [6.07, 6.45) is 3.01. The van der Waals surface area contributed by atoms with E-state index in [9.17, 15) is 10.1 Å². The van der Waals surface area contributed by atoms with Crippen molar-refractivity contribution in [3.05, 3.63) is 70.0 Å². The number of rotatable bonds is 5. The van der Waals surface area contributed by atoms with Crippen molar-refractivity contribution < 1.29 is 9.66 Å². The Labute approximate surface area is 180 Å². The molecule has 3 aromatic rings. The molecule has 0 atom stereocenters. The summed E-state index contributed by atoms with van der Waals surface area (Å²) in [5.74, 6) is 3.26. The molecule has 0 unspecified atom stereocenters. The van der Waals surface area contributed by atoms with Crippen molar-refractivity contribution in [1.29, 1.82) is 0 Å². The van der Waals surface area contributed by atoms with Gasteiger partial charge in [-0.05, 0) is 50.0 Å². The normalized spacial score (nSPS) is 16.8. The molecule has 0 radical (unpaired) electrons. The Morgan fingerprint density at radius 2 is 1.81 bits per heavy atom. The lowest BCUT2D eigenvalue weighted by molar-refractivity contribution is -0.384. The molecular formula is C23H25N5O3. The van der Waals surface area contributed by atoms with E-state index in [2.05, 4.69) is 19.7 Å². The van der Waals surface area contributed by atoms with Gasteiger partial charge in [-0.15, -0.1) is 10.2 Å². The molecule has 1 aromatic heterocycles. The van der Waals surface area contributed by atoms with E-state index in [-0.39, 0.29) is 10.6 Å². The number of fused-ring (bicyclic) bond motifs is 3. The van der Waals surface area contributed by atoms with Gasteiger partial charge in [0.25, 0.3) is 5.69 Å². The Bertz CT molecular complexity index is 1070. The van der Waals surface area contributed by atoms with Gasteiger partial charge in [0.2, 0.25) is 0 Å². The van der Waals surface area contributed by atoms with Crippen LogP contribution in [0, 0.1) is 10.1 Å². The lowest BCUT2D eigenvalue weighted by Gasteiger charge is -2.31. The van der Waals surface area contributed by atoms with Gasteiger partial charge in [-0.2, -0.15) is 0 Å². The highest BCUT2D eigenvalue weighted by Gasteiger charge is 2.28. The number of piperidine rings is 1. The molecule has 0 spiro atoms. The number of hydrogen-bond acceptors (Lipinski definition) is 6. The highest BCUT2D eigenvalue weighted by molar-refractivity contribution is 5.64. The quantitative estimate of drug-likeness (QED) is 0.463. The molecule has 0 bridgehead atoms. The number of hydrogen-bond donors (Lipinski definition) is 0. The predicted octanol–water partition coefficient (Wildman–Crippen LogP) is 3.67. The molecule has 2 aliphatic heterocycles. The molecule has 1 saturated heterocycles. The molecule has 160 valence electrons. The van der Waals surface area contributed by atoms with Crippen molar-refractivity contribution in [1.82, 2.24) is 19.7 Å². The predicted molar refractivity (Wildman–Crippen MR) is 116 cm³/mol. The maximum atomic E-state index is 10.8. The van der Waals surface area contributed by atoms with E-state index >= 15 is 0 Å². The van der Waals surface area contributed by atoms with Crippen LogP contribution in [0.5, 0.6) is 5.75 Å². The van der Waals surface area contributed by atoms with Gasteiger partial charge in [0.15, 0.2) is 5.82 Å². The maximum Gasteiger partial charge on any atom is 0.269 e. The third-order valence-electron chi connectivity index (χ3n) is 6.30. The van der Waals surface area contributed by atoms with E-state index in [4.69, 9.17) is 4.74 Å². The van der Waals surface area contributed by atoms with Crippen LogP contribution in [-0.4, -0.2) is 50.8 Å². The Morgan fingerprint density at radius 3 is 2.58 bits per heavy atom. The number of nitro benzene ring substituents is 1. The summed E-state index contributed by atoms with van der Waals surface area (Å²) in [5, 5.41) is 19.9. The van der Waals surface area contributed by atoms with Crippen LogP contribution in [0.25, 0.3) is 11.4 Å². The first kappa shape index (κ1) is 19.7. The van der Waals surface area contributed by atoms with Gasteiger partial charge < -0.3 is 14.2 Å². The average Bonchev–Trinajstić information content (AvgIpc) is 3.13. The maximum absolute atomic E-state index is 10.8. The molecule has 0 amide bonds. The minimum Gasteiger partial charge on any atom is -0.491 e. The fraction of sp³-hybridized carbons (Fsp3) is 0.391. The smallest absolute Gasteiger partial charge is 0.269 e. The molecule has 8 nitrogen and oxygen atoms in total. The summed E-state index contributed by atoms with van der Waals surface area (Å²) in [6.45, 7) is 4.40. The highest BCUT2D eigenvalue weighted by Crippen LogP contribution is 2.34. The van der Waals surface area contributed by atoms with Crippen LogP contribution >= 0.6 is 0 Å². The summed E-state index contributed by atoms with van der Waals surface area (Å²) in [7, 11) is 0. The van der Waals surface area contributed by atoms with E-state index in [0.29, 0.717) is 12.5 Å². The van der Waals surface area contributed by atoms with Crippen molar-refractivity contribution in [2.45, 2.75) is 31.7 Å². The van der Waals surface area contributed by atoms with Gasteiger partial charge in [0.1, 0.15) is 18.2 Å². The van der Waals surface area contributed by atoms with Gasteiger partial charge in [0.05, 0.1) is 17.0 Å². The number of nitrogens with zero attached hydrogens (tertiary/aromatic N) is 5. The number of non-ortho nitro benzene ring substituents is 1. The van der Waals surface area contributed by atoms with Gasteiger partial charge >= 0.3 is 0 Å². The third kappa shape index (κ3) is 4.03. The van der Waals surface area contributed by atoms with Crippen LogP contribution in [0.1, 0.15) is 30.1 Å². The van der Waals surface area contributed by atoms with Gasteiger partial charge in [-0.3, -0.25) is 10.1 Å². The summed E-state index contributed by atoms with van der Waals surface area (Å²) >= 11 is 0. The van der Waals surface area contributed by atoms with Gasteiger partial charge in [0, 0.05) is 24.6 Å². The molecular weight excluding hydrogens is 394 g/mol. The zero-order valence-corrected chi connectivity index (χ0v) is 17.3. The number of nitro groups is 1. The highest BCUT2D eigenvalue weighted by atomic mass is 16.6. The Balaban J connectivity index is 1.21. The number of para-hydroxylation sites is 1. The number of ether oxygens (including phenoxy) is 1. The van der Waals surface area contributed by atoms with Crippen molar-refractivity contribution in [2.75, 3.05) is 26.2 Å². The summed E-state index contributed by atoms with van der Waals surface area (Å²) in [4.78, 5) is 12.9. The Kier molecular flexibility index (Phi) is 5.38. The van der Waals surface area contributed by atoms with Crippen molar-refractivity contribution in [3.8, 4) is 17.1 Å². The van der Waals surface area contributed by atoms with Crippen LogP contribution in [0.15, 0.2) is 48.5 Å². The monoisotopic (exact) mass is 419 g/mol. The van der Waals surface area contributed by atoms with Crippen molar-refractivity contribution in [2.24, 2.45) is 0 Å². The van der Waals surface area contributed by atoms with Gasteiger partial charge in [-0.1, -0.05) is 24.3 Å². The van der Waals surface area contributed by atoms with Crippen LogP contribution in [0.3, 0.4) is 0 Å². The van der Waals surface area contributed by atoms with Crippen molar-refractivity contribution >= 4 is 5.69 Å². The second-order valence-electron chi connectivity index (χ2n) is 8.17. The SMILES string of the molecule is O=[N+]([O-])c1ccc(CCN2CCC(c3nnc4n3CCOc3ccccc3-4)CC2)cc1. The van der Waals surface area contributed by atoms with E-state index < -0.39 is 0 Å². The van der Waals surface area contributed by atoms with Crippen LogP contribution in [0.2, 0.25) is 0 Å². The summed E-state index contributed by atoms with van der Waals surface area (Å²) in [5.41, 5.74) is 2.29. The third-order valence-corrected chi connectivity index (χ3v) is 6.30. The van der Waals surface area contributed by atoms with E-state index in [1.807, 2.05) is 36.4 Å². The van der Waals surface area contributed by atoms with Gasteiger partial charge in [-0.25, -0.2) is 0 Å². The number of benzene rings is 2. The average molecular weight is 419 g/mol. The molecule has 31 heavy (non-hydrogen) atoms. The minimum atomic E-state index is -0.357. The Morgan fingerprint density at radius 1 is 1.03 bits per heavy atom. The first-order valence-electron chi connectivity index (χ1n) is 10.8. The molecule has 0 N–H and O–H groups in total. The Hall–Kier alpha value is -3.26. The largest absolute Gasteiger partial charge is 0.491 e. The van der Waals surface area contributed by atoms with Crippen LogP contribution in [-0.2, 0) is 13.0 Å². The lowest BCUT2D eigenvalue weighted by atomic mass is 9.95. The van der Waals surface area contributed by atoms with E-state index in [0.717, 1.165) is 74.0 Å². The summed E-state index contributed by atoms with van der Waals surface area (Å²) < 4.78 is 8.15. The van der Waals surface area contributed by atoms with Crippen LogP contribution in [0.4, 0.5) is 5.69 Å². The second-order valence-corrected chi connectivity index (χ2v) is 8.17. The number of likely N-dealkylation sites (tertiary alicyclic amines) is 1. The lowest BCUT2D eigenvalue weighted by Crippen LogP contribution is -2.35. The topological polar surface area (TPSA) is 86.3 Å². The molecule has 0 saturated carbocycles.